The first-order chi connectivity index (χ1) is 9.10. The van der Waals surface area contributed by atoms with Gasteiger partial charge in [-0.2, -0.15) is 0 Å². The molecule has 0 amide bonds. The summed E-state index contributed by atoms with van der Waals surface area (Å²) >= 11 is 6.86. The zero-order valence-corrected chi connectivity index (χ0v) is 13.2. The van der Waals surface area contributed by atoms with Gasteiger partial charge in [-0.15, -0.1) is 0 Å². The molecule has 1 aromatic carbocycles. The van der Waals surface area contributed by atoms with Crippen LogP contribution in [0.15, 0.2) is 27.3 Å². The molecule has 7 heteroatoms. The number of hydrazine groups is 1. The molecule has 1 heterocycles. The lowest BCUT2D eigenvalue weighted by molar-refractivity contribution is 0.0527. The normalized spacial score (nSPS) is 10.5. The van der Waals surface area contributed by atoms with Gasteiger partial charge in [-0.1, -0.05) is 15.9 Å². The average molecular weight is 389 g/mol. The molecule has 100 valence electrons. The maximum atomic E-state index is 11.9. The predicted molar refractivity (Wildman–Crippen MR) is 80.9 cm³/mol. The van der Waals surface area contributed by atoms with Crippen molar-refractivity contribution in [2.24, 2.45) is 5.84 Å². The minimum absolute atomic E-state index is 0.292. The Balaban J connectivity index is 2.76. The number of fused-ring (bicyclic) bond motifs is 1. The van der Waals surface area contributed by atoms with E-state index >= 15 is 0 Å². The molecule has 0 atom stereocenters. The second-order valence-electron chi connectivity index (χ2n) is 3.66. The van der Waals surface area contributed by atoms with Crippen LogP contribution in [0, 0.1) is 0 Å². The molecule has 0 saturated carbocycles. The van der Waals surface area contributed by atoms with Crippen molar-refractivity contribution in [2.75, 3.05) is 12.0 Å². The molecule has 0 spiro atoms. The first-order valence-corrected chi connectivity index (χ1v) is 7.09. The Labute approximate surface area is 126 Å². The number of rotatable bonds is 3. The first kappa shape index (κ1) is 14.2. The molecule has 0 aliphatic rings. The van der Waals surface area contributed by atoms with E-state index < -0.39 is 5.97 Å². The van der Waals surface area contributed by atoms with Gasteiger partial charge >= 0.3 is 5.97 Å². The minimum atomic E-state index is -0.461. The monoisotopic (exact) mass is 387 g/mol. The fourth-order valence-electron chi connectivity index (χ4n) is 1.75. The van der Waals surface area contributed by atoms with Crippen LogP contribution in [0.25, 0.3) is 10.9 Å². The molecule has 0 aliphatic carbocycles. The van der Waals surface area contributed by atoms with Crippen LogP contribution in [0.2, 0.25) is 0 Å². The molecule has 0 aliphatic heterocycles. The van der Waals surface area contributed by atoms with Crippen molar-refractivity contribution in [3.63, 3.8) is 0 Å². The van der Waals surface area contributed by atoms with Crippen LogP contribution in [-0.2, 0) is 4.74 Å². The molecule has 2 rings (SSSR count). The quantitative estimate of drug-likeness (QED) is 0.479. The molecular formula is C12H11Br2N3O2. The van der Waals surface area contributed by atoms with Gasteiger partial charge in [0.15, 0.2) is 0 Å². The Morgan fingerprint density at radius 1 is 1.42 bits per heavy atom. The van der Waals surface area contributed by atoms with Crippen molar-refractivity contribution in [2.45, 2.75) is 6.92 Å². The Hall–Kier alpha value is -1.18. The number of hydrogen-bond donors (Lipinski definition) is 2. The lowest BCUT2D eigenvalue weighted by Crippen LogP contribution is -2.15. The van der Waals surface area contributed by atoms with Crippen LogP contribution in [0.1, 0.15) is 17.3 Å². The summed E-state index contributed by atoms with van der Waals surface area (Å²) in [5, 5.41) is 0.724. The number of pyridine rings is 1. The number of carbonyl (C=O) groups excluding carboxylic acids is 1. The van der Waals surface area contributed by atoms with E-state index in [1.54, 1.807) is 6.92 Å². The lowest BCUT2D eigenvalue weighted by atomic mass is 10.1. The summed E-state index contributed by atoms with van der Waals surface area (Å²) < 4.78 is 6.59. The van der Waals surface area contributed by atoms with Gasteiger partial charge in [-0.3, -0.25) is 10.8 Å². The maximum Gasteiger partial charge on any atom is 0.341 e. The smallest absolute Gasteiger partial charge is 0.341 e. The van der Waals surface area contributed by atoms with Gasteiger partial charge in [0, 0.05) is 20.5 Å². The van der Waals surface area contributed by atoms with Crippen molar-refractivity contribution in [3.05, 3.63) is 32.8 Å². The van der Waals surface area contributed by atoms with Gasteiger partial charge in [-0.05, 0) is 35.0 Å². The number of hydrogen-bond acceptors (Lipinski definition) is 5. The Kier molecular flexibility index (Phi) is 4.38. The number of anilines is 1. The summed E-state index contributed by atoms with van der Waals surface area (Å²) in [6.45, 7) is 2.04. The number of aromatic nitrogens is 1. The van der Waals surface area contributed by atoms with Crippen molar-refractivity contribution in [1.82, 2.24) is 4.98 Å². The Morgan fingerprint density at radius 2 is 2.11 bits per heavy atom. The van der Waals surface area contributed by atoms with E-state index in [0.29, 0.717) is 23.4 Å². The van der Waals surface area contributed by atoms with Gasteiger partial charge in [-0.25, -0.2) is 4.79 Å². The highest BCUT2D eigenvalue weighted by molar-refractivity contribution is 9.11. The third-order valence-electron chi connectivity index (χ3n) is 2.56. The molecule has 3 N–H and O–H groups in total. The summed E-state index contributed by atoms with van der Waals surface area (Å²) in [4.78, 5) is 16.2. The highest BCUT2D eigenvalue weighted by Gasteiger charge is 2.18. The fraction of sp³-hybridized carbons (Fsp3) is 0.167. The molecule has 0 unspecified atom stereocenters. The first-order valence-electron chi connectivity index (χ1n) is 5.50. The van der Waals surface area contributed by atoms with E-state index in [0.717, 1.165) is 14.3 Å². The third kappa shape index (κ3) is 2.58. The molecule has 0 saturated heterocycles. The summed E-state index contributed by atoms with van der Waals surface area (Å²) in [5.74, 6) is 5.09. The van der Waals surface area contributed by atoms with E-state index in [9.17, 15) is 4.79 Å². The van der Waals surface area contributed by atoms with Crippen molar-refractivity contribution in [3.8, 4) is 0 Å². The van der Waals surface area contributed by atoms with Crippen molar-refractivity contribution < 1.29 is 9.53 Å². The lowest BCUT2D eigenvalue weighted by Gasteiger charge is -2.12. The molecule has 0 fully saturated rings. The van der Waals surface area contributed by atoms with Crippen molar-refractivity contribution >= 4 is 54.4 Å². The third-order valence-corrected chi connectivity index (χ3v) is 3.86. The Morgan fingerprint density at radius 3 is 2.74 bits per heavy atom. The van der Waals surface area contributed by atoms with Gasteiger partial charge in [0.25, 0.3) is 0 Å². The number of carbonyl (C=O) groups is 1. The summed E-state index contributed by atoms with van der Waals surface area (Å²) in [5.41, 5.74) is 4.04. The predicted octanol–water partition coefficient (Wildman–Crippen LogP) is 3.22. The van der Waals surface area contributed by atoms with Crippen molar-refractivity contribution in [1.29, 1.82) is 0 Å². The zero-order valence-electron chi connectivity index (χ0n) is 10.0. The summed E-state index contributed by atoms with van der Waals surface area (Å²) in [6.07, 6.45) is 1.45. The summed E-state index contributed by atoms with van der Waals surface area (Å²) in [6, 6.07) is 3.72. The number of nitrogens with two attached hydrogens (primary N) is 1. The highest BCUT2D eigenvalue weighted by Crippen LogP contribution is 2.35. The zero-order chi connectivity index (χ0) is 14.0. The SMILES string of the molecule is CCOC(=O)c1cnc2c(Br)ccc(Br)c2c1NN. The van der Waals surface area contributed by atoms with Crippen LogP contribution in [0.5, 0.6) is 0 Å². The van der Waals surface area contributed by atoms with Crippen LogP contribution in [0.4, 0.5) is 5.69 Å². The van der Waals surface area contributed by atoms with Gasteiger partial charge < -0.3 is 10.2 Å². The van der Waals surface area contributed by atoms with Gasteiger partial charge in [0.1, 0.15) is 5.56 Å². The molecular weight excluding hydrogens is 378 g/mol. The van der Waals surface area contributed by atoms with Gasteiger partial charge in [0.05, 0.1) is 17.8 Å². The molecule has 0 bridgehead atoms. The number of ether oxygens (including phenoxy) is 1. The summed E-state index contributed by atoms with van der Waals surface area (Å²) in [7, 11) is 0. The van der Waals surface area contributed by atoms with E-state index in [-0.39, 0.29) is 0 Å². The molecule has 2 aromatic rings. The number of halogens is 2. The average Bonchev–Trinajstić information content (AvgIpc) is 2.41. The van der Waals surface area contributed by atoms with E-state index in [4.69, 9.17) is 10.6 Å². The van der Waals surface area contributed by atoms with Crippen LogP contribution < -0.4 is 11.3 Å². The maximum absolute atomic E-state index is 11.9. The van der Waals surface area contributed by atoms with E-state index in [1.165, 1.54) is 6.20 Å². The standard InChI is InChI=1S/C12H11Br2N3O2/c1-2-19-12(18)6-5-16-11-8(14)4-3-7(13)9(11)10(6)17-15/h3-5H,2,15H2,1H3,(H,16,17). The second-order valence-corrected chi connectivity index (χ2v) is 5.37. The van der Waals surface area contributed by atoms with Crippen LogP contribution in [-0.4, -0.2) is 17.6 Å². The molecule has 19 heavy (non-hydrogen) atoms. The largest absolute Gasteiger partial charge is 0.462 e. The Bertz CT molecular complexity index is 646. The number of nitrogens with zero attached hydrogens (tertiary/aromatic N) is 1. The number of nitrogens with one attached hydrogen (secondary N) is 1. The number of benzene rings is 1. The molecule has 0 radical (unpaired) electrons. The second kappa shape index (κ2) is 5.85. The van der Waals surface area contributed by atoms with Gasteiger partial charge in [0.2, 0.25) is 0 Å². The van der Waals surface area contributed by atoms with E-state index in [2.05, 4.69) is 42.3 Å². The van der Waals surface area contributed by atoms with Crippen LogP contribution in [0.3, 0.4) is 0 Å². The topological polar surface area (TPSA) is 77.2 Å². The van der Waals surface area contributed by atoms with Crippen LogP contribution >= 0.6 is 31.9 Å². The molecule has 1 aromatic heterocycles. The number of esters is 1. The van der Waals surface area contributed by atoms with E-state index in [1.807, 2.05) is 12.1 Å². The molecule has 5 nitrogen and oxygen atoms in total. The minimum Gasteiger partial charge on any atom is -0.462 e. The highest BCUT2D eigenvalue weighted by atomic mass is 79.9. The number of nitrogen functional groups attached to an aromatic ring is 1. The fourth-order valence-corrected chi connectivity index (χ4v) is 2.70.